The Morgan fingerprint density at radius 2 is 2.31 bits per heavy atom. The Balaban J connectivity index is 2.56. The lowest BCUT2D eigenvalue weighted by atomic mass is 10.5. The molecule has 3 nitrogen and oxygen atoms in total. The Kier molecular flexibility index (Phi) is 4.48. The fourth-order valence-electron chi connectivity index (χ4n) is 0.820. The van der Waals surface area contributed by atoms with Gasteiger partial charge in [0, 0.05) is 18.1 Å². The number of rotatable bonds is 4. The Morgan fingerprint density at radius 3 is 2.92 bits per heavy atom. The molecule has 1 N–H and O–H groups in total. The van der Waals surface area contributed by atoms with E-state index in [4.69, 9.17) is 16.7 Å². The highest BCUT2D eigenvalue weighted by Crippen LogP contribution is 2.18. The number of hydrogen-bond acceptors (Lipinski definition) is 4. The van der Waals surface area contributed by atoms with Gasteiger partial charge in [-0.3, -0.25) is 0 Å². The summed E-state index contributed by atoms with van der Waals surface area (Å²) < 4.78 is 0. The lowest BCUT2D eigenvalue weighted by molar-refractivity contribution is 0.296. The van der Waals surface area contributed by atoms with Crippen molar-refractivity contribution in [3.8, 4) is 0 Å². The molecular formula is C8H11ClN2OS. The van der Waals surface area contributed by atoms with Crippen LogP contribution in [0.5, 0.6) is 0 Å². The SMILES string of the molecule is Cc1cc(SCCCO)nc(Cl)n1. The van der Waals surface area contributed by atoms with Crippen LogP contribution in [-0.2, 0) is 0 Å². The van der Waals surface area contributed by atoms with E-state index in [-0.39, 0.29) is 11.9 Å². The topological polar surface area (TPSA) is 46.0 Å². The van der Waals surface area contributed by atoms with E-state index in [9.17, 15) is 0 Å². The second-order valence-electron chi connectivity index (χ2n) is 2.54. The fourth-order valence-corrected chi connectivity index (χ4v) is 1.98. The standard InChI is InChI=1S/C8H11ClN2OS/c1-6-5-7(11-8(9)10-6)13-4-2-3-12/h5,12H,2-4H2,1H3. The smallest absolute Gasteiger partial charge is 0.223 e. The first-order valence-corrected chi connectivity index (χ1v) is 5.33. The quantitative estimate of drug-likeness (QED) is 0.363. The third-order valence-electron chi connectivity index (χ3n) is 1.36. The van der Waals surface area contributed by atoms with Crippen molar-refractivity contribution < 1.29 is 5.11 Å². The van der Waals surface area contributed by atoms with Crippen LogP contribution in [0, 0.1) is 6.92 Å². The Morgan fingerprint density at radius 1 is 1.54 bits per heavy atom. The molecule has 0 spiro atoms. The van der Waals surface area contributed by atoms with Gasteiger partial charge in [-0.1, -0.05) is 0 Å². The summed E-state index contributed by atoms with van der Waals surface area (Å²) in [7, 11) is 0. The van der Waals surface area contributed by atoms with Crippen molar-refractivity contribution in [2.45, 2.75) is 18.4 Å². The van der Waals surface area contributed by atoms with Crippen molar-refractivity contribution in [1.82, 2.24) is 9.97 Å². The maximum absolute atomic E-state index is 8.58. The van der Waals surface area contributed by atoms with Crippen LogP contribution in [-0.4, -0.2) is 27.4 Å². The third kappa shape index (κ3) is 3.93. The summed E-state index contributed by atoms with van der Waals surface area (Å²) in [6.07, 6.45) is 0.769. The maximum atomic E-state index is 8.58. The second-order valence-corrected chi connectivity index (χ2v) is 4.00. The summed E-state index contributed by atoms with van der Waals surface area (Å²) in [5.74, 6) is 0.850. The fraction of sp³-hybridized carbons (Fsp3) is 0.500. The van der Waals surface area contributed by atoms with E-state index in [1.165, 1.54) is 0 Å². The van der Waals surface area contributed by atoms with Crippen molar-refractivity contribution in [3.05, 3.63) is 17.0 Å². The van der Waals surface area contributed by atoms with Gasteiger partial charge < -0.3 is 5.11 Å². The lowest BCUT2D eigenvalue weighted by Crippen LogP contribution is -1.91. The average Bonchev–Trinajstić information content (AvgIpc) is 2.03. The molecule has 0 fully saturated rings. The number of halogens is 1. The van der Waals surface area contributed by atoms with Gasteiger partial charge in [-0.2, -0.15) is 0 Å². The molecule has 1 aromatic heterocycles. The highest BCUT2D eigenvalue weighted by molar-refractivity contribution is 7.99. The molecule has 0 unspecified atom stereocenters. The number of aromatic nitrogens is 2. The van der Waals surface area contributed by atoms with Crippen molar-refractivity contribution >= 4 is 23.4 Å². The first-order valence-electron chi connectivity index (χ1n) is 3.97. The Bertz CT molecular complexity index is 263. The maximum Gasteiger partial charge on any atom is 0.223 e. The van der Waals surface area contributed by atoms with E-state index in [0.717, 1.165) is 22.9 Å². The van der Waals surface area contributed by atoms with Crippen LogP contribution in [0.3, 0.4) is 0 Å². The van der Waals surface area contributed by atoms with Crippen molar-refractivity contribution in [2.24, 2.45) is 0 Å². The van der Waals surface area contributed by atoms with Crippen LogP contribution >= 0.6 is 23.4 Å². The molecule has 1 heterocycles. The zero-order valence-corrected chi connectivity index (χ0v) is 8.90. The Hall–Kier alpha value is -0.320. The first kappa shape index (κ1) is 10.8. The predicted molar refractivity (Wildman–Crippen MR) is 54.2 cm³/mol. The van der Waals surface area contributed by atoms with Gasteiger partial charge in [-0.05, 0) is 31.0 Å². The number of thioether (sulfide) groups is 1. The summed E-state index contributed by atoms with van der Waals surface area (Å²) in [6.45, 7) is 2.09. The molecule has 0 radical (unpaired) electrons. The van der Waals surface area contributed by atoms with Crippen molar-refractivity contribution in [3.63, 3.8) is 0 Å². The summed E-state index contributed by atoms with van der Waals surface area (Å²) in [4.78, 5) is 8.00. The molecule has 1 rings (SSSR count). The average molecular weight is 219 g/mol. The van der Waals surface area contributed by atoms with E-state index in [0.29, 0.717) is 0 Å². The summed E-state index contributed by atoms with van der Waals surface area (Å²) in [5.41, 5.74) is 0.867. The highest BCUT2D eigenvalue weighted by atomic mass is 35.5. The van der Waals surface area contributed by atoms with Gasteiger partial charge in [0.15, 0.2) is 0 Å². The third-order valence-corrected chi connectivity index (χ3v) is 2.52. The van der Waals surface area contributed by atoms with E-state index >= 15 is 0 Å². The lowest BCUT2D eigenvalue weighted by Gasteiger charge is -2.00. The number of aryl methyl sites for hydroxylation is 1. The zero-order valence-electron chi connectivity index (χ0n) is 7.33. The minimum absolute atomic E-state index is 0.213. The predicted octanol–water partition coefficient (Wildman–Crippen LogP) is 1.91. The first-order chi connectivity index (χ1) is 6.22. The Labute approximate surface area is 86.6 Å². The molecule has 0 aliphatic heterocycles. The monoisotopic (exact) mass is 218 g/mol. The van der Waals surface area contributed by atoms with Gasteiger partial charge in [0.2, 0.25) is 5.28 Å². The van der Waals surface area contributed by atoms with Gasteiger partial charge in [0.1, 0.15) is 5.03 Å². The summed E-state index contributed by atoms with van der Waals surface area (Å²) >= 11 is 7.26. The van der Waals surface area contributed by atoms with Crippen LogP contribution in [0.1, 0.15) is 12.1 Å². The molecule has 0 aliphatic carbocycles. The minimum atomic E-state index is 0.213. The molecule has 0 aromatic carbocycles. The van der Waals surface area contributed by atoms with E-state index in [2.05, 4.69) is 9.97 Å². The van der Waals surface area contributed by atoms with Crippen molar-refractivity contribution in [1.29, 1.82) is 0 Å². The van der Waals surface area contributed by atoms with E-state index < -0.39 is 0 Å². The highest BCUT2D eigenvalue weighted by Gasteiger charge is 1.99. The van der Waals surface area contributed by atoms with Crippen LogP contribution in [0.25, 0.3) is 0 Å². The second kappa shape index (κ2) is 5.42. The van der Waals surface area contributed by atoms with Gasteiger partial charge in [-0.25, -0.2) is 9.97 Å². The van der Waals surface area contributed by atoms with Gasteiger partial charge >= 0.3 is 0 Å². The molecule has 0 bridgehead atoms. The van der Waals surface area contributed by atoms with Gasteiger partial charge in [0.25, 0.3) is 0 Å². The molecular weight excluding hydrogens is 208 g/mol. The number of nitrogens with zero attached hydrogens (tertiary/aromatic N) is 2. The zero-order chi connectivity index (χ0) is 9.68. The van der Waals surface area contributed by atoms with Crippen LogP contribution in [0.15, 0.2) is 11.1 Å². The van der Waals surface area contributed by atoms with Crippen LogP contribution in [0.4, 0.5) is 0 Å². The van der Waals surface area contributed by atoms with Gasteiger partial charge in [-0.15, -0.1) is 11.8 Å². The number of aliphatic hydroxyl groups is 1. The molecule has 1 aromatic rings. The molecule has 0 amide bonds. The molecule has 0 atom stereocenters. The van der Waals surface area contributed by atoms with Gasteiger partial charge in [0.05, 0.1) is 0 Å². The summed E-state index contributed by atoms with van der Waals surface area (Å²) in [5, 5.41) is 9.73. The largest absolute Gasteiger partial charge is 0.396 e. The minimum Gasteiger partial charge on any atom is -0.396 e. The number of aliphatic hydroxyl groups excluding tert-OH is 1. The van der Waals surface area contributed by atoms with E-state index in [1.54, 1.807) is 11.8 Å². The van der Waals surface area contributed by atoms with E-state index in [1.807, 2.05) is 13.0 Å². The van der Waals surface area contributed by atoms with Crippen LogP contribution < -0.4 is 0 Å². The molecule has 0 aliphatic rings. The molecule has 0 saturated heterocycles. The van der Waals surface area contributed by atoms with Crippen LogP contribution in [0.2, 0.25) is 5.28 Å². The normalized spacial score (nSPS) is 10.4. The molecule has 13 heavy (non-hydrogen) atoms. The molecule has 5 heteroatoms. The van der Waals surface area contributed by atoms with Crippen molar-refractivity contribution in [2.75, 3.05) is 12.4 Å². The molecule has 0 saturated carbocycles. The summed E-state index contributed by atoms with van der Waals surface area (Å²) in [6, 6.07) is 1.88. The number of hydrogen-bond donors (Lipinski definition) is 1. The molecule has 72 valence electrons.